The highest BCUT2D eigenvalue weighted by atomic mass is 16.5. The molecule has 0 aromatic heterocycles. The molecule has 0 saturated heterocycles. The van der Waals surface area contributed by atoms with Gasteiger partial charge in [0.2, 0.25) is 5.91 Å². The topological polar surface area (TPSA) is 81.4 Å². The molecule has 1 atom stereocenters. The second-order valence-electron chi connectivity index (χ2n) is 4.19. The molecule has 5 nitrogen and oxygen atoms in total. The van der Waals surface area contributed by atoms with E-state index >= 15 is 0 Å². The second kappa shape index (κ2) is 8.26. The van der Waals surface area contributed by atoms with E-state index in [4.69, 9.17) is 10.5 Å². The van der Waals surface area contributed by atoms with E-state index in [-0.39, 0.29) is 18.9 Å². The number of benzene rings is 1. The van der Waals surface area contributed by atoms with Gasteiger partial charge in [-0.1, -0.05) is 30.3 Å². The minimum atomic E-state index is -0.758. The Morgan fingerprint density at radius 1 is 1.32 bits per heavy atom. The van der Waals surface area contributed by atoms with Crippen molar-refractivity contribution >= 4 is 11.9 Å². The zero-order chi connectivity index (χ0) is 14.1. The summed E-state index contributed by atoms with van der Waals surface area (Å²) in [5.41, 5.74) is 6.58. The van der Waals surface area contributed by atoms with Gasteiger partial charge in [-0.3, -0.25) is 9.59 Å². The van der Waals surface area contributed by atoms with E-state index in [0.29, 0.717) is 13.0 Å². The lowest BCUT2D eigenvalue weighted by Crippen LogP contribution is -2.34. The van der Waals surface area contributed by atoms with Crippen LogP contribution in [-0.4, -0.2) is 24.5 Å². The number of nitrogens with two attached hydrogens (primary N) is 1. The summed E-state index contributed by atoms with van der Waals surface area (Å²) in [5.74, 6) is -0.582. The number of hydrogen-bond acceptors (Lipinski definition) is 4. The summed E-state index contributed by atoms with van der Waals surface area (Å²) in [6.45, 7) is 2.62. The third-order valence-electron chi connectivity index (χ3n) is 2.58. The minimum absolute atomic E-state index is 0.103. The van der Waals surface area contributed by atoms with Gasteiger partial charge in [-0.25, -0.2) is 0 Å². The number of ether oxygens (including phenoxy) is 1. The third kappa shape index (κ3) is 6.01. The molecule has 0 radical (unpaired) electrons. The van der Waals surface area contributed by atoms with Crippen LogP contribution in [0.15, 0.2) is 30.3 Å². The van der Waals surface area contributed by atoms with E-state index < -0.39 is 12.0 Å². The molecule has 5 heteroatoms. The Morgan fingerprint density at radius 3 is 2.63 bits per heavy atom. The van der Waals surface area contributed by atoms with Crippen LogP contribution in [0.25, 0.3) is 0 Å². The zero-order valence-electron chi connectivity index (χ0n) is 11.1. The Labute approximate surface area is 113 Å². The fourth-order valence-corrected chi connectivity index (χ4v) is 1.53. The molecule has 1 aromatic carbocycles. The third-order valence-corrected chi connectivity index (χ3v) is 2.58. The Morgan fingerprint density at radius 2 is 2.00 bits per heavy atom. The van der Waals surface area contributed by atoms with Gasteiger partial charge < -0.3 is 15.8 Å². The van der Waals surface area contributed by atoms with Crippen LogP contribution in [0.1, 0.15) is 25.3 Å². The van der Waals surface area contributed by atoms with Crippen molar-refractivity contribution in [3.8, 4) is 0 Å². The van der Waals surface area contributed by atoms with Crippen molar-refractivity contribution in [1.29, 1.82) is 0 Å². The maximum Gasteiger partial charge on any atom is 0.323 e. The quantitative estimate of drug-likeness (QED) is 0.719. The Balaban J connectivity index is 2.27. The van der Waals surface area contributed by atoms with Crippen LogP contribution >= 0.6 is 0 Å². The average molecular weight is 264 g/mol. The molecular formula is C14H20N2O3. The van der Waals surface area contributed by atoms with E-state index in [2.05, 4.69) is 5.32 Å². The molecule has 19 heavy (non-hydrogen) atoms. The first-order valence-corrected chi connectivity index (χ1v) is 6.36. The highest BCUT2D eigenvalue weighted by Crippen LogP contribution is 2.03. The normalized spacial score (nSPS) is 11.7. The first-order chi connectivity index (χ1) is 9.13. The van der Waals surface area contributed by atoms with Gasteiger partial charge >= 0.3 is 5.97 Å². The SMILES string of the molecule is CCNC(=O)CCC(N)C(=O)OCc1ccccc1. The van der Waals surface area contributed by atoms with Crippen LogP contribution in [0, 0.1) is 0 Å². The first kappa shape index (κ1) is 15.2. The summed E-state index contributed by atoms with van der Waals surface area (Å²) in [6, 6.07) is 8.62. The molecule has 0 aliphatic heterocycles. The summed E-state index contributed by atoms with van der Waals surface area (Å²) < 4.78 is 5.09. The molecule has 1 amide bonds. The van der Waals surface area contributed by atoms with Crippen LogP contribution in [0.4, 0.5) is 0 Å². The lowest BCUT2D eigenvalue weighted by atomic mass is 10.1. The molecule has 0 heterocycles. The number of carbonyl (C=O) groups is 2. The van der Waals surface area contributed by atoms with Crippen LogP contribution in [0.5, 0.6) is 0 Å². The molecule has 0 fully saturated rings. The predicted molar refractivity (Wildman–Crippen MR) is 72.1 cm³/mol. The number of amides is 1. The lowest BCUT2D eigenvalue weighted by molar-refractivity contribution is -0.146. The fraction of sp³-hybridized carbons (Fsp3) is 0.429. The number of esters is 1. The Kier molecular flexibility index (Phi) is 6.60. The van der Waals surface area contributed by atoms with Gasteiger partial charge in [0.25, 0.3) is 0 Å². The summed E-state index contributed by atoms with van der Waals surface area (Å²) in [7, 11) is 0. The maximum atomic E-state index is 11.6. The van der Waals surface area contributed by atoms with Crippen LogP contribution < -0.4 is 11.1 Å². The Bertz CT molecular complexity index is 406. The number of carbonyl (C=O) groups excluding carboxylic acids is 2. The van der Waals surface area contributed by atoms with Gasteiger partial charge in [0.15, 0.2) is 0 Å². The molecule has 0 saturated carbocycles. The van der Waals surface area contributed by atoms with E-state index in [9.17, 15) is 9.59 Å². The van der Waals surface area contributed by atoms with Crippen LogP contribution in [0.3, 0.4) is 0 Å². The summed E-state index contributed by atoms with van der Waals surface area (Å²) in [4.78, 5) is 22.8. The molecule has 104 valence electrons. The van der Waals surface area contributed by atoms with Crippen molar-refractivity contribution in [2.24, 2.45) is 5.73 Å². The predicted octanol–water partition coefficient (Wildman–Crippen LogP) is 0.973. The molecule has 1 aromatic rings. The molecule has 0 spiro atoms. The summed E-state index contributed by atoms with van der Waals surface area (Å²) in [6.07, 6.45) is 0.523. The Hall–Kier alpha value is -1.88. The standard InChI is InChI=1S/C14H20N2O3/c1-2-16-13(17)9-8-12(15)14(18)19-10-11-6-4-3-5-7-11/h3-7,12H,2,8-10,15H2,1H3,(H,16,17). The molecule has 0 aliphatic carbocycles. The van der Waals surface area contributed by atoms with Gasteiger partial charge in [0, 0.05) is 13.0 Å². The van der Waals surface area contributed by atoms with Crippen molar-refractivity contribution in [3.63, 3.8) is 0 Å². The van der Waals surface area contributed by atoms with Gasteiger partial charge in [-0.15, -0.1) is 0 Å². The van der Waals surface area contributed by atoms with E-state index in [1.807, 2.05) is 37.3 Å². The largest absolute Gasteiger partial charge is 0.460 e. The highest BCUT2D eigenvalue weighted by molar-refractivity contribution is 5.79. The monoisotopic (exact) mass is 264 g/mol. The molecule has 1 rings (SSSR count). The fourth-order valence-electron chi connectivity index (χ4n) is 1.53. The van der Waals surface area contributed by atoms with Crippen molar-refractivity contribution < 1.29 is 14.3 Å². The van der Waals surface area contributed by atoms with Crippen LogP contribution in [-0.2, 0) is 20.9 Å². The number of hydrogen-bond donors (Lipinski definition) is 2. The zero-order valence-corrected chi connectivity index (χ0v) is 11.1. The second-order valence-corrected chi connectivity index (χ2v) is 4.19. The summed E-state index contributed by atoms with van der Waals surface area (Å²) in [5, 5.41) is 2.65. The molecule has 3 N–H and O–H groups in total. The van der Waals surface area contributed by atoms with Crippen molar-refractivity contribution in [2.45, 2.75) is 32.4 Å². The molecule has 0 bridgehead atoms. The molecular weight excluding hydrogens is 244 g/mol. The van der Waals surface area contributed by atoms with Crippen molar-refractivity contribution in [1.82, 2.24) is 5.32 Å². The van der Waals surface area contributed by atoms with E-state index in [0.717, 1.165) is 5.56 Å². The van der Waals surface area contributed by atoms with Gasteiger partial charge in [0.1, 0.15) is 12.6 Å². The van der Waals surface area contributed by atoms with Crippen molar-refractivity contribution in [2.75, 3.05) is 6.54 Å². The van der Waals surface area contributed by atoms with E-state index in [1.165, 1.54) is 0 Å². The first-order valence-electron chi connectivity index (χ1n) is 6.36. The molecule has 1 unspecified atom stereocenters. The molecule has 0 aliphatic rings. The highest BCUT2D eigenvalue weighted by Gasteiger charge is 2.16. The minimum Gasteiger partial charge on any atom is -0.460 e. The lowest BCUT2D eigenvalue weighted by Gasteiger charge is -2.11. The van der Waals surface area contributed by atoms with Gasteiger partial charge in [0.05, 0.1) is 0 Å². The maximum absolute atomic E-state index is 11.6. The van der Waals surface area contributed by atoms with Crippen molar-refractivity contribution in [3.05, 3.63) is 35.9 Å². The average Bonchev–Trinajstić information content (AvgIpc) is 2.43. The van der Waals surface area contributed by atoms with Gasteiger partial charge in [-0.05, 0) is 18.9 Å². The van der Waals surface area contributed by atoms with Gasteiger partial charge in [-0.2, -0.15) is 0 Å². The smallest absolute Gasteiger partial charge is 0.323 e. The number of nitrogens with one attached hydrogen (secondary N) is 1. The van der Waals surface area contributed by atoms with E-state index in [1.54, 1.807) is 0 Å². The van der Waals surface area contributed by atoms with Crippen LogP contribution in [0.2, 0.25) is 0 Å². The summed E-state index contributed by atoms with van der Waals surface area (Å²) >= 11 is 0. The number of rotatable bonds is 7.